The van der Waals surface area contributed by atoms with Gasteiger partial charge in [-0.15, -0.1) is 24.0 Å². The Bertz CT molecular complexity index is 646. The first-order valence-electron chi connectivity index (χ1n) is 7.80. The highest BCUT2D eigenvalue weighted by Gasteiger charge is 2.10. The number of rotatable bonds is 7. The number of halogens is 1. The maximum Gasteiger partial charge on any atom is 0.241 e. The molecule has 136 valence electrons. The van der Waals surface area contributed by atoms with Crippen LogP contribution in [0.3, 0.4) is 0 Å². The summed E-state index contributed by atoms with van der Waals surface area (Å²) < 4.78 is 5.24. The van der Waals surface area contributed by atoms with E-state index in [1.54, 1.807) is 31.5 Å². The SMILES string of the molecule is CN=C(NCC(=O)N(C)CCc1ccccn1)NCc1ccco1.I. The lowest BCUT2D eigenvalue weighted by atomic mass is 10.2. The van der Waals surface area contributed by atoms with Crippen LogP contribution in [0.4, 0.5) is 0 Å². The summed E-state index contributed by atoms with van der Waals surface area (Å²) in [6.07, 6.45) is 4.11. The summed E-state index contributed by atoms with van der Waals surface area (Å²) in [5.41, 5.74) is 0.973. The van der Waals surface area contributed by atoms with Gasteiger partial charge in [0.05, 0.1) is 19.4 Å². The molecule has 0 fully saturated rings. The number of aliphatic imine (C=N–C) groups is 1. The van der Waals surface area contributed by atoms with Gasteiger partial charge in [0, 0.05) is 39.0 Å². The second-order valence-electron chi connectivity index (χ2n) is 5.25. The first-order chi connectivity index (χ1) is 11.7. The van der Waals surface area contributed by atoms with Crippen molar-refractivity contribution in [3.63, 3.8) is 0 Å². The van der Waals surface area contributed by atoms with Crippen LogP contribution in [-0.4, -0.2) is 48.9 Å². The summed E-state index contributed by atoms with van der Waals surface area (Å²) in [7, 11) is 3.44. The number of nitrogens with one attached hydrogen (secondary N) is 2. The summed E-state index contributed by atoms with van der Waals surface area (Å²) in [5.74, 6) is 1.35. The molecule has 0 aliphatic rings. The fraction of sp³-hybridized carbons (Fsp3) is 0.353. The highest BCUT2D eigenvalue weighted by molar-refractivity contribution is 14.0. The Balaban J connectivity index is 0.00000312. The van der Waals surface area contributed by atoms with Crippen LogP contribution >= 0.6 is 24.0 Å². The third-order valence-electron chi connectivity index (χ3n) is 3.50. The topological polar surface area (TPSA) is 82.8 Å². The quantitative estimate of drug-likeness (QED) is 0.376. The lowest BCUT2D eigenvalue weighted by Gasteiger charge is -2.18. The Morgan fingerprint density at radius 3 is 2.76 bits per heavy atom. The number of likely N-dealkylation sites (N-methyl/N-ethyl adjacent to an activating group) is 1. The van der Waals surface area contributed by atoms with Crippen LogP contribution in [0, 0.1) is 0 Å². The second kappa shape index (κ2) is 11.5. The summed E-state index contributed by atoms with van der Waals surface area (Å²) in [6, 6.07) is 9.48. The molecule has 0 unspecified atom stereocenters. The van der Waals surface area contributed by atoms with Gasteiger partial charge in [-0.05, 0) is 24.3 Å². The average Bonchev–Trinajstić information content (AvgIpc) is 3.14. The highest BCUT2D eigenvalue weighted by atomic mass is 127. The van der Waals surface area contributed by atoms with Crippen molar-refractivity contribution in [1.82, 2.24) is 20.5 Å². The number of hydrogen-bond donors (Lipinski definition) is 2. The lowest BCUT2D eigenvalue weighted by molar-refractivity contribution is -0.128. The van der Waals surface area contributed by atoms with Crippen molar-refractivity contribution in [1.29, 1.82) is 0 Å². The molecule has 0 saturated heterocycles. The molecule has 2 N–H and O–H groups in total. The number of amides is 1. The molecule has 25 heavy (non-hydrogen) atoms. The number of pyridine rings is 1. The Labute approximate surface area is 164 Å². The average molecular weight is 457 g/mol. The minimum Gasteiger partial charge on any atom is -0.467 e. The van der Waals surface area contributed by atoms with Gasteiger partial charge in [0.1, 0.15) is 5.76 Å². The fourth-order valence-corrected chi connectivity index (χ4v) is 2.05. The molecule has 0 atom stereocenters. The largest absolute Gasteiger partial charge is 0.467 e. The maximum absolute atomic E-state index is 12.2. The molecule has 0 aliphatic carbocycles. The Morgan fingerprint density at radius 1 is 1.28 bits per heavy atom. The van der Waals surface area contributed by atoms with Crippen LogP contribution in [0.15, 0.2) is 52.2 Å². The van der Waals surface area contributed by atoms with Crippen LogP contribution in [-0.2, 0) is 17.8 Å². The van der Waals surface area contributed by atoms with E-state index in [0.29, 0.717) is 19.0 Å². The van der Waals surface area contributed by atoms with E-state index in [2.05, 4.69) is 20.6 Å². The molecule has 0 bridgehead atoms. The molecule has 0 spiro atoms. The minimum absolute atomic E-state index is 0. The van der Waals surface area contributed by atoms with E-state index in [-0.39, 0.29) is 36.4 Å². The number of aromatic nitrogens is 1. The van der Waals surface area contributed by atoms with Crippen molar-refractivity contribution in [2.45, 2.75) is 13.0 Å². The smallest absolute Gasteiger partial charge is 0.241 e. The first-order valence-corrected chi connectivity index (χ1v) is 7.80. The van der Waals surface area contributed by atoms with Gasteiger partial charge >= 0.3 is 0 Å². The molecule has 1 amide bonds. The third kappa shape index (κ3) is 7.55. The predicted molar refractivity (Wildman–Crippen MR) is 108 cm³/mol. The molecule has 0 radical (unpaired) electrons. The second-order valence-corrected chi connectivity index (χ2v) is 5.25. The van der Waals surface area contributed by atoms with Gasteiger partial charge in [-0.25, -0.2) is 0 Å². The van der Waals surface area contributed by atoms with Gasteiger partial charge in [-0.2, -0.15) is 0 Å². The molecule has 2 heterocycles. The highest BCUT2D eigenvalue weighted by Crippen LogP contribution is 1.98. The minimum atomic E-state index is -0.00752. The summed E-state index contributed by atoms with van der Waals surface area (Å²) in [4.78, 5) is 22.2. The monoisotopic (exact) mass is 457 g/mol. The molecule has 0 aliphatic heterocycles. The Kier molecular flexibility index (Phi) is 9.60. The van der Waals surface area contributed by atoms with E-state index in [9.17, 15) is 4.79 Å². The van der Waals surface area contributed by atoms with E-state index < -0.39 is 0 Å². The zero-order valence-corrected chi connectivity index (χ0v) is 16.8. The molecule has 2 aromatic rings. The van der Waals surface area contributed by atoms with Gasteiger partial charge in [0.25, 0.3) is 0 Å². The van der Waals surface area contributed by atoms with Crippen LogP contribution < -0.4 is 10.6 Å². The number of hydrogen-bond acceptors (Lipinski definition) is 4. The number of nitrogens with zero attached hydrogens (tertiary/aromatic N) is 3. The molecule has 0 aromatic carbocycles. The van der Waals surface area contributed by atoms with Gasteiger partial charge in [-0.1, -0.05) is 6.07 Å². The van der Waals surface area contributed by atoms with Crippen LogP contribution in [0.2, 0.25) is 0 Å². The van der Waals surface area contributed by atoms with Crippen molar-refractivity contribution in [2.75, 3.05) is 27.2 Å². The van der Waals surface area contributed by atoms with Crippen LogP contribution in [0.5, 0.6) is 0 Å². The normalized spacial score (nSPS) is 10.7. The Morgan fingerprint density at radius 2 is 2.12 bits per heavy atom. The van der Waals surface area contributed by atoms with Crippen molar-refractivity contribution in [3.8, 4) is 0 Å². The lowest BCUT2D eigenvalue weighted by Crippen LogP contribution is -2.43. The van der Waals surface area contributed by atoms with E-state index in [4.69, 9.17) is 4.42 Å². The molecule has 2 rings (SSSR count). The zero-order chi connectivity index (χ0) is 17.2. The molecule has 2 aromatic heterocycles. The zero-order valence-electron chi connectivity index (χ0n) is 14.4. The number of carbonyl (C=O) groups excluding carboxylic acids is 1. The fourth-order valence-electron chi connectivity index (χ4n) is 2.05. The van der Waals surface area contributed by atoms with E-state index in [1.807, 2.05) is 30.3 Å². The summed E-state index contributed by atoms with van der Waals surface area (Å²) >= 11 is 0. The standard InChI is InChI=1S/C17H23N5O2.HI/c1-18-17(20-12-15-7-5-11-24-15)21-13-16(23)22(2)10-8-14-6-3-4-9-19-14;/h3-7,9,11H,8,10,12-13H2,1-2H3,(H2,18,20,21);1H. The maximum atomic E-state index is 12.2. The number of carbonyl (C=O) groups is 1. The predicted octanol–water partition coefficient (Wildman–Crippen LogP) is 1.66. The molecular weight excluding hydrogens is 433 g/mol. The van der Waals surface area contributed by atoms with Gasteiger partial charge in [0.15, 0.2) is 5.96 Å². The van der Waals surface area contributed by atoms with E-state index >= 15 is 0 Å². The molecular formula is C17H24IN5O2. The van der Waals surface area contributed by atoms with Gasteiger partial charge in [0.2, 0.25) is 5.91 Å². The molecule has 8 heteroatoms. The summed E-state index contributed by atoms with van der Waals surface area (Å²) in [5, 5.41) is 6.09. The summed E-state index contributed by atoms with van der Waals surface area (Å²) in [6.45, 7) is 1.31. The van der Waals surface area contributed by atoms with Crippen molar-refractivity contribution in [2.24, 2.45) is 4.99 Å². The van der Waals surface area contributed by atoms with Crippen molar-refractivity contribution in [3.05, 3.63) is 54.2 Å². The number of furan rings is 1. The van der Waals surface area contributed by atoms with Crippen LogP contribution in [0.1, 0.15) is 11.5 Å². The molecule has 7 nitrogen and oxygen atoms in total. The van der Waals surface area contributed by atoms with Crippen LogP contribution in [0.25, 0.3) is 0 Å². The number of guanidine groups is 1. The first kappa shape index (κ1) is 20.9. The molecule has 0 saturated carbocycles. The van der Waals surface area contributed by atoms with Crippen molar-refractivity contribution >= 4 is 35.8 Å². The Hall–Kier alpha value is -2.10. The van der Waals surface area contributed by atoms with E-state index in [0.717, 1.165) is 17.9 Å². The van der Waals surface area contributed by atoms with Crippen molar-refractivity contribution < 1.29 is 9.21 Å². The van der Waals surface area contributed by atoms with Gasteiger partial charge in [-0.3, -0.25) is 14.8 Å². The van der Waals surface area contributed by atoms with Gasteiger partial charge < -0.3 is 20.0 Å². The van der Waals surface area contributed by atoms with E-state index in [1.165, 1.54) is 0 Å². The third-order valence-corrected chi connectivity index (χ3v) is 3.50.